The van der Waals surface area contributed by atoms with Gasteiger partial charge >= 0.3 is 5.97 Å². The normalized spacial score (nSPS) is 15.1. The Labute approximate surface area is 217 Å². The first-order valence-corrected chi connectivity index (χ1v) is 12.3. The van der Waals surface area contributed by atoms with Gasteiger partial charge in [0.1, 0.15) is 29.0 Å². The highest BCUT2D eigenvalue weighted by Gasteiger charge is 2.35. The molecule has 2 heterocycles. The standard InChI is InChI=1S/C27H28N2O7S/c1-7-36-26(31)23-15(2)28-27-29(24(23)17-10-8-9-11-19(17)33-4)25(30)22(37-27)14-18-20(34-5)12-16(32-3)13-21(18)35-6/h8-14,24H,7H2,1-6H3/b22-14+. The van der Waals surface area contributed by atoms with Crippen molar-refractivity contribution < 1.29 is 28.5 Å². The van der Waals surface area contributed by atoms with E-state index < -0.39 is 12.0 Å². The maximum Gasteiger partial charge on any atom is 0.338 e. The number of nitrogens with zero attached hydrogens (tertiary/aromatic N) is 2. The summed E-state index contributed by atoms with van der Waals surface area (Å²) in [5, 5.41) is 0. The Kier molecular flexibility index (Phi) is 7.68. The molecule has 1 atom stereocenters. The van der Waals surface area contributed by atoms with Crippen molar-refractivity contribution in [2.45, 2.75) is 19.9 Å². The zero-order valence-electron chi connectivity index (χ0n) is 21.5. The van der Waals surface area contributed by atoms with Crippen molar-refractivity contribution in [3.8, 4) is 23.0 Å². The number of fused-ring (bicyclic) bond motifs is 1. The van der Waals surface area contributed by atoms with Crippen LogP contribution in [0.15, 0.2) is 57.5 Å². The molecule has 0 saturated heterocycles. The van der Waals surface area contributed by atoms with Gasteiger partial charge in [0.05, 0.1) is 56.4 Å². The van der Waals surface area contributed by atoms with Gasteiger partial charge in [-0.25, -0.2) is 9.79 Å². The van der Waals surface area contributed by atoms with Crippen LogP contribution < -0.4 is 33.8 Å². The third-order valence-corrected chi connectivity index (χ3v) is 6.96. The summed E-state index contributed by atoms with van der Waals surface area (Å²) in [5.74, 6) is 1.51. The van der Waals surface area contributed by atoms with E-state index in [4.69, 9.17) is 23.7 Å². The quantitative estimate of drug-likeness (QED) is 0.418. The second-order valence-corrected chi connectivity index (χ2v) is 9.00. The van der Waals surface area contributed by atoms with Crippen molar-refractivity contribution in [1.29, 1.82) is 0 Å². The van der Waals surface area contributed by atoms with E-state index in [0.29, 0.717) is 49.2 Å². The maximum absolute atomic E-state index is 13.9. The minimum absolute atomic E-state index is 0.190. The second kappa shape index (κ2) is 10.9. The van der Waals surface area contributed by atoms with Gasteiger partial charge in [-0.1, -0.05) is 29.5 Å². The first-order valence-electron chi connectivity index (χ1n) is 11.5. The van der Waals surface area contributed by atoms with E-state index in [0.717, 1.165) is 0 Å². The first kappa shape index (κ1) is 26.0. The smallest absolute Gasteiger partial charge is 0.338 e. The van der Waals surface area contributed by atoms with Gasteiger partial charge in [-0.05, 0) is 26.0 Å². The average Bonchev–Trinajstić information content (AvgIpc) is 3.21. The lowest BCUT2D eigenvalue weighted by Gasteiger charge is -2.25. The molecule has 2 aromatic carbocycles. The number of para-hydroxylation sites is 1. The molecule has 1 aromatic heterocycles. The number of carbonyl (C=O) groups excluding carboxylic acids is 1. The Hall–Kier alpha value is -4.05. The third kappa shape index (κ3) is 4.72. The summed E-state index contributed by atoms with van der Waals surface area (Å²) in [6.07, 6.45) is 1.70. The predicted molar refractivity (Wildman–Crippen MR) is 139 cm³/mol. The second-order valence-electron chi connectivity index (χ2n) is 7.99. The minimum Gasteiger partial charge on any atom is -0.496 e. The van der Waals surface area contributed by atoms with Crippen molar-refractivity contribution in [3.05, 3.63) is 78.5 Å². The van der Waals surface area contributed by atoms with E-state index in [-0.39, 0.29) is 17.7 Å². The minimum atomic E-state index is -0.784. The largest absolute Gasteiger partial charge is 0.496 e. The van der Waals surface area contributed by atoms with Crippen molar-refractivity contribution in [3.63, 3.8) is 0 Å². The Balaban J connectivity index is 2.02. The molecule has 37 heavy (non-hydrogen) atoms. The summed E-state index contributed by atoms with van der Waals surface area (Å²) < 4.78 is 29.3. The maximum atomic E-state index is 13.9. The van der Waals surface area contributed by atoms with Crippen LogP contribution >= 0.6 is 11.3 Å². The molecule has 0 spiro atoms. The molecular formula is C27H28N2O7S. The Morgan fingerprint density at radius 3 is 2.27 bits per heavy atom. The number of esters is 1. The van der Waals surface area contributed by atoms with Crippen LogP contribution in [0.3, 0.4) is 0 Å². The van der Waals surface area contributed by atoms with Crippen molar-refractivity contribution >= 4 is 23.4 Å². The topological polar surface area (TPSA) is 97.6 Å². The van der Waals surface area contributed by atoms with Gasteiger partial charge in [0.15, 0.2) is 4.80 Å². The lowest BCUT2D eigenvalue weighted by Crippen LogP contribution is -2.40. The number of methoxy groups -OCH3 is 4. The fourth-order valence-corrected chi connectivity index (χ4v) is 5.31. The summed E-state index contributed by atoms with van der Waals surface area (Å²) in [6.45, 7) is 3.66. The molecule has 194 valence electrons. The van der Waals surface area contributed by atoms with Crippen LogP contribution in [0, 0.1) is 0 Å². The SMILES string of the molecule is CCOC(=O)C1=C(C)N=c2s/c(=C/c3c(OC)cc(OC)cc3OC)c(=O)n2C1c1ccccc1OC. The molecule has 0 fully saturated rings. The van der Waals surface area contributed by atoms with E-state index in [1.165, 1.54) is 30.1 Å². The van der Waals surface area contributed by atoms with Crippen molar-refractivity contribution in [2.75, 3.05) is 35.0 Å². The van der Waals surface area contributed by atoms with Crippen LogP contribution in [-0.2, 0) is 9.53 Å². The van der Waals surface area contributed by atoms with Gasteiger partial charge in [-0.2, -0.15) is 0 Å². The number of benzene rings is 2. The molecule has 0 amide bonds. The summed E-state index contributed by atoms with van der Waals surface area (Å²) in [6, 6.07) is 9.92. The van der Waals surface area contributed by atoms with Crippen LogP contribution in [-0.4, -0.2) is 45.6 Å². The number of carbonyl (C=O) groups is 1. The van der Waals surface area contributed by atoms with Gasteiger partial charge in [-0.15, -0.1) is 0 Å². The van der Waals surface area contributed by atoms with E-state index in [1.54, 1.807) is 52.3 Å². The number of thiazole rings is 1. The fourth-order valence-electron chi connectivity index (χ4n) is 4.28. The fraction of sp³-hybridized carbons (Fsp3) is 0.296. The van der Waals surface area contributed by atoms with Crippen molar-refractivity contribution in [2.24, 2.45) is 4.99 Å². The first-order chi connectivity index (χ1) is 17.9. The molecule has 1 aliphatic heterocycles. The Morgan fingerprint density at radius 2 is 1.68 bits per heavy atom. The van der Waals surface area contributed by atoms with Gasteiger partial charge < -0.3 is 23.7 Å². The molecule has 0 N–H and O–H groups in total. The molecule has 9 nitrogen and oxygen atoms in total. The zero-order valence-corrected chi connectivity index (χ0v) is 22.3. The number of allylic oxidation sites excluding steroid dienone is 1. The number of hydrogen-bond acceptors (Lipinski definition) is 9. The highest BCUT2D eigenvalue weighted by atomic mass is 32.1. The van der Waals surface area contributed by atoms with Gasteiger partial charge in [0, 0.05) is 17.7 Å². The van der Waals surface area contributed by atoms with Crippen LogP contribution in [0.25, 0.3) is 6.08 Å². The monoisotopic (exact) mass is 524 g/mol. The predicted octanol–water partition coefficient (Wildman–Crippen LogP) is 2.83. The zero-order chi connectivity index (χ0) is 26.7. The van der Waals surface area contributed by atoms with E-state index in [2.05, 4.69) is 4.99 Å². The summed E-state index contributed by atoms with van der Waals surface area (Å²) >= 11 is 1.21. The Bertz CT molecular complexity index is 1530. The van der Waals surface area contributed by atoms with Gasteiger partial charge in [0.25, 0.3) is 5.56 Å². The summed E-state index contributed by atoms with van der Waals surface area (Å²) in [4.78, 5) is 32.1. The van der Waals surface area contributed by atoms with E-state index >= 15 is 0 Å². The van der Waals surface area contributed by atoms with Crippen LogP contribution in [0.1, 0.15) is 31.0 Å². The molecule has 1 unspecified atom stereocenters. The molecule has 1 aliphatic rings. The van der Waals surface area contributed by atoms with Crippen molar-refractivity contribution in [1.82, 2.24) is 4.57 Å². The molecule has 10 heteroatoms. The van der Waals surface area contributed by atoms with E-state index in [9.17, 15) is 9.59 Å². The molecular weight excluding hydrogens is 496 g/mol. The van der Waals surface area contributed by atoms with Crippen LogP contribution in [0.5, 0.6) is 23.0 Å². The lowest BCUT2D eigenvalue weighted by atomic mass is 9.95. The molecule has 0 aliphatic carbocycles. The highest BCUT2D eigenvalue weighted by molar-refractivity contribution is 7.07. The van der Waals surface area contributed by atoms with Gasteiger partial charge in [0.2, 0.25) is 0 Å². The lowest BCUT2D eigenvalue weighted by molar-refractivity contribution is -0.139. The Morgan fingerprint density at radius 1 is 1.03 bits per heavy atom. The molecule has 4 rings (SSSR count). The van der Waals surface area contributed by atoms with Gasteiger partial charge in [-0.3, -0.25) is 9.36 Å². The molecule has 0 saturated carbocycles. The number of hydrogen-bond donors (Lipinski definition) is 0. The number of ether oxygens (including phenoxy) is 5. The molecule has 0 radical (unpaired) electrons. The average molecular weight is 525 g/mol. The van der Waals surface area contributed by atoms with Crippen LogP contribution in [0.2, 0.25) is 0 Å². The molecule has 3 aromatic rings. The number of aromatic nitrogens is 1. The summed E-state index contributed by atoms with van der Waals surface area (Å²) in [7, 11) is 6.16. The van der Waals surface area contributed by atoms with Crippen LogP contribution in [0.4, 0.5) is 0 Å². The number of rotatable bonds is 8. The molecule has 0 bridgehead atoms. The summed E-state index contributed by atoms with van der Waals surface area (Å²) in [5.41, 5.74) is 1.65. The van der Waals surface area contributed by atoms with E-state index in [1.807, 2.05) is 18.2 Å². The third-order valence-electron chi connectivity index (χ3n) is 5.98. The highest BCUT2D eigenvalue weighted by Crippen LogP contribution is 2.36.